The first-order chi connectivity index (χ1) is 9.74. The number of benzene rings is 1. The van der Waals surface area contributed by atoms with E-state index >= 15 is 0 Å². The monoisotopic (exact) mass is 268 g/mol. The summed E-state index contributed by atoms with van der Waals surface area (Å²) in [5.74, 6) is -0.458. The van der Waals surface area contributed by atoms with Crippen molar-refractivity contribution < 1.29 is 9.90 Å². The van der Waals surface area contributed by atoms with E-state index in [0.29, 0.717) is 17.0 Å². The van der Waals surface area contributed by atoms with Gasteiger partial charge in [-0.25, -0.2) is 14.3 Å². The number of carbonyl (C=O) groups is 1. The van der Waals surface area contributed by atoms with Gasteiger partial charge in [0.25, 0.3) is 0 Å². The maximum Gasteiger partial charge on any atom is 0.330 e. The number of nitrogens with one attached hydrogen (secondary N) is 1. The van der Waals surface area contributed by atoms with E-state index in [4.69, 9.17) is 0 Å². The molecule has 2 N–H and O–H groups in total. The second-order valence-electron chi connectivity index (χ2n) is 4.27. The van der Waals surface area contributed by atoms with Gasteiger partial charge < -0.3 is 10.4 Å². The van der Waals surface area contributed by atoms with Crippen molar-refractivity contribution in [2.45, 2.75) is 6.04 Å². The highest BCUT2D eigenvalue weighted by Crippen LogP contribution is 2.18. The van der Waals surface area contributed by atoms with Gasteiger partial charge in [-0.15, -0.1) is 0 Å². The van der Waals surface area contributed by atoms with Crippen molar-refractivity contribution in [3.8, 4) is 0 Å². The number of fused-ring (bicyclic) bond motifs is 1. The molecule has 1 atom stereocenters. The number of aliphatic carboxylic acids is 1. The molecule has 0 bridgehead atoms. The summed E-state index contributed by atoms with van der Waals surface area (Å²) in [5.41, 5.74) is 1.34. The Bertz CT molecular complexity index is 739. The fourth-order valence-electron chi connectivity index (χ4n) is 1.97. The molecule has 6 nitrogen and oxygen atoms in total. The third-order valence-electron chi connectivity index (χ3n) is 2.93. The molecule has 3 aromatic rings. The Hall–Kier alpha value is -2.89. The minimum absolute atomic E-state index is 0.495. The lowest BCUT2D eigenvalue weighted by molar-refractivity contribution is -0.138. The Morgan fingerprint density at radius 2 is 2.00 bits per heavy atom. The Labute approximate surface area is 114 Å². The zero-order valence-corrected chi connectivity index (χ0v) is 10.5. The van der Waals surface area contributed by atoms with Gasteiger partial charge in [0.2, 0.25) is 0 Å². The molecular weight excluding hydrogens is 256 g/mol. The number of carboxylic acid groups (broad SMARTS) is 1. The first kappa shape index (κ1) is 12.2. The van der Waals surface area contributed by atoms with Gasteiger partial charge in [-0.2, -0.15) is 5.10 Å². The molecule has 3 rings (SSSR count). The van der Waals surface area contributed by atoms with Crippen LogP contribution in [0.5, 0.6) is 0 Å². The van der Waals surface area contributed by atoms with Gasteiger partial charge in [0, 0.05) is 12.3 Å². The van der Waals surface area contributed by atoms with E-state index in [2.05, 4.69) is 15.4 Å². The van der Waals surface area contributed by atoms with E-state index in [1.165, 1.54) is 0 Å². The van der Waals surface area contributed by atoms with Crippen molar-refractivity contribution in [3.05, 3.63) is 60.4 Å². The van der Waals surface area contributed by atoms with E-state index in [1.54, 1.807) is 53.3 Å². The van der Waals surface area contributed by atoms with E-state index < -0.39 is 12.0 Å². The average Bonchev–Trinajstić information content (AvgIpc) is 2.93. The van der Waals surface area contributed by atoms with E-state index in [9.17, 15) is 9.90 Å². The summed E-state index contributed by atoms with van der Waals surface area (Å²) < 4.78 is 1.61. The molecule has 1 unspecified atom stereocenters. The van der Waals surface area contributed by atoms with Crippen molar-refractivity contribution in [1.82, 2.24) is 14.6 Å². The van der Waals surface area contributed by atoms with Crippen molar-refractivity contribution in [2.75, 3.05) is 5.32 Å². The third kappa shape index (κ3) is 2.31. The van der Waals surface area contributed by atoms with Gasteiger partial charge in [0.05, 0.1) is 6.20 Å². The molecule has 0 aliphatic carbocycles. The Morgan fingerprint density at radius 3 is 2.75 bits per heavy atom. The molecular formula is C14H12N4O2. The molecule has 0 amide bonds. The summed E-state index contributed by atoms with van der Waals surface area (Å²) in [4.78, 5) is 15.7. The number of nitrogens with zero attached hydrogens (tertiary/aromatic N) is 3. The lowest BCUT2D eigenvalue weighted by atomic mass is 10.1. The smallest absolute Gasteiger partial charge is 0.330 e. The second-order valence-corrected chi connectivity index (χ2v) is 4.27. The standard InChI is InChI=1S/C14H12N4O2/c19-14(20)13(10-4-2-1-3-5-10)17-11-7-9-18-12(16-11)6-8-15-18/h1-9,13H,(H,16,17)(H,19,20). The average molecular weight is 268 g/mol. The van der Waals surface area contributed by atoms with Crippen LogP contribution in [0.3, 0.4) is 0 Å². The number of hydrogen-bond donors (Lipinski definition) is 2. The molecule has 2 aromatic heterocycles. The molecule has 0 saturated carbocycles. The minimum Gasteiger partial charge on any atom is -0.479 e. The Kier molecular flexibility index (Phi) is 3.04. The zero-order valence-electron chi connectivity index (χ0n) is 10.5. The predicted octanol–water partition coefficient (Wildman–Crippen LogP) is 1.97. The fraction of sp³-hybridized carbons (Fsp3) is 0.0714. The van der Waals surface area contributed by atoms with Crippen molar-refractivity contribution >= 4 is 17.4 Å². The molecule has 6 heteroatoms. The van der Waals surface area contributed by atoms with Crippen molar-refractivity contribution in [2.24, 2.45) is 0 Å². The van der Waals surface area contributed by atoms with Crippen LogP contribution in [0.1, 0.15) is 11.6 Å². The van der Waals surface area contributed by atoms with Crippen LogP contribution in [-0.4, -0.2) is 25.7 Å². The van der Waals surface area contributed by atoms with E-state index in [0.717, 1.165) is 0 Å². The van der Waals surface area contributed by atoms with Crippen LogP contribution in [0, 0.1) is 0 Å². The first-order valence-corrected chi connectivity index (χ1v) is 6.09. The topological polar surface area (TPSA) is 79.5 Å². The highest BCUT2D eigenvalue weighted by atomic mass is 16.4. The Balaban J connectivity index is 1.91. The molecule has 0 aliphatic rings. The molecule has 0 aliphatic heterocycles. The Morgan fingerprint density at radius 1 is 1.20 bits per heavy atom. The molecule has 0 saturated heterocycles. The van der Waals surface area contributed by atoms with Gasteiger partial charge in [-0.1, -0.05) is 30.3 Å². The third-order valence-corrected chi connectivity index (χ3v) is 2.93. The highest BCUT2D eigenvalue weighted by molar-refractivity contribution is 5.78. The van der Waals surface area contributed by atoms with Crippen LogP contribution >= 0.6 is 0 Å². The largest absolute Gasteiger partial charge is 0.479 e. The van der Waals surface area contributed by atoms with Gasteiger partial charge in [-0.05, 0) is 11.6 Å². The summed E-state index contributed by atoms with van der Waals surface area (Å²) in [5, 5.41) is 16.3. The lowest BCUT2D eigenvalue weighted by Gasteiger charge is -2.15. The van der Waals surface area contributed by atoms with Crippen molar-refractivity contribution in [3.63, 3.8) is 0 Å². The number of carboxylic acids is 1. The van der Waals surface area contributed by atoms with Crippen LogP contribution in [0.25, 0.3) is 5.65 Å². The van der Waals surface area contributed by atoms with Crippen LogP contribution in [0.15, 0.2) is 54.9 Å². The van der Waals surface area contributed by atoms with Gasteiger partial charge >= 0.3 is 5.97 Å². The van der Waals surface area contributed by atoms with Crippen LogP contribution < -0.4 is 5.32 Å². The number of anilines is 1. The number of hydrogen-bond acceptors (Lipinski definition) is 4. The summed E-state index contributed by atoms with van der Waals surface area (Å²) in [6.07, 6.45) is 3.37. The minimum atomic E-state index is -0.952. The maximum absolute atomic E-state index is 11.4. The molecule has 0 spiro atoms. The highest BCUT2D eigenvalue weighted by Gasteiger charge is 2.19. The summed E-state index contributed by atoms with van der Waals surface area (Å²) in [7, 11) is 0. The summed E-state index contributed by atoms with van der Waals surface area (Å²) in [6.45, 7) is 0. The quantitative estimate of drug-likeness (QED) is 0.756. The first-order valence-electron chi connectivity index (χ1n) is 6.09. The van der Waals surface area contributed by atoms with Gasteiger partial charge in [0.15, 0.2) is 11.7 Å². The molecule has 100 valence electrons. The van der Waals surface area contributed by atoms with E-state index in [1.807, 2.05) is 6.07 Å². The number of rotatable bonds is 4. The van der Waals surface area contributed by atoms with Crippen LogP contribution in [0.4, 0.5) is 5.82 Å². The second kappa shape index (κ2) is 5.00. The maximum atomic E-state index is 11.4. The number of aromatic nitrogens is 3. The fourth-order valence-corrected chi connectivity index (χ4v) is 1.97. The SMILES string of the molecule is O=C(O)C(Nc1ccn2nccc2n1)c1ccccc1. The van der Waals surface area contributed by atoms with Crippen LogP contribution in [-0.2, 0) is 4.79 Å². The lowest BCUT2D eigenvalue weighted by Crippen LogP contribution is -2.21. The molecule has 2 heterocycles. The van der Waals surface area contributed by atoms with Crippen molar-refractivity contribution in [1.29, 1.82) is 0 Å². The van der Waals surface area contributed by atoms with Gasteiger partial charge in [0.1, 0.15) is 5.82 Å². The summed E-state index contributed by atoms with van der Waals surface area (Å²) >= 11 is 0. The predicted molar refractivity (Wildman–Crippen MR) is 73.4 cm³/mol. The molecule has 1 aromatic carbocycles. The van der Waals surface area contributed by atoms with E-state index in [-0.39, 0.29) is 0 Å². The molecule has 20 heavy (non-hydrogen) atoms. The summed E-state index contributed by atoms with van der Waals surface area (Å²) in [6, 6.07) is 11.6. The molecule has 0 radical (unpaired) electrons. The van der Waals surface area contributed by atoms with Crippen LogP contribution in [0.2, 0.25) is 0 Å². The zero-order chi connectivity index (χ0) is 13.9. The normalized spacial score (nSPS) is 12.2. The van der Waals surface area contributed by atoms with Gasteiger partial charge in [-0.3, -0.25) is 0 Å². The molecule has 0 fully saturated rings.